The van der Waals surface area contributed by atoms with E-state index in [1.165, 1.54) is 36.5 Å². The average Bonchev–Trinajstić information content (AvgIpc) is 2.53. The van der Waals surface area contributed by atoms with Crippen molar-refractivity contribution in [2.24, 2.45) is 0 Å². The van der Waals surface area contributed by atoms with Crippen LogP contribution >= 0.6 is 11.6 Å². The highest BCUT2D eigenvalue weighted by Gasteiger charge is 2.38. The summed E-state index contributed by atoms with van der Waals surface area (Å²) in [6, 6.07) is 11.0. The molecule has 0 aromatic heterocycles. The van der Waals surface area contributed by atoms with Gasteiger partial charge in [-0.15, -0.1) is 0 Å². The molecule has 1 heterocycles. The molecule has 1 aliphatic rings. The lowest BCUT2D eigenvalue weighted by atomic mass is 10.3. The van der Waals surface area contributed by atoms with Gasteiger partial charge in [0, 0.05) is 18.2 Å². The summed E-state index contributed by atoms with van der Waals surface area (Å²) in [5.74, 6) is 0. The molecular weight excluding hydrogens is 298 g/mol. The fourth-order valence-corrected chi connectivity index (χ4v) is 7.61. The van der Waals surface area contributed by atoms with Crippen molar-refractivity contribution in [2.45, 2.75) is 45.2 Å². The van der Waals surface area contributed by atoms with Crippen LogP contribution < -0.4 is 5.19 Å². The highest BCUT2D eigenvalue weighted by molar-refractivity contribution is 6.86. The summed E-state index contributed by atoms with van der Waals surface area (Å²) in [7, 11) is -1.76. The van der Waals surface area contributed by atoms with Crippen molar-refractivity contribution in [3.8, 4) is 0 Å². The molecule has 0 amide bonds. The smallest absolute Gasteiger partial charge is 0.224 e. The highest BCUT2D eigenvalue weighted by Crippen LogP contribution is 2.29. The van der Waals surface area contributed by atoms with Crippen LogP contribution in [-0.4, -0.2) is 39.5 Å². The monoisotopic (exact) mass is 325 g/mol. The Hall–Kier alpha value is -0.353. The zero-order valence-corrected chi connectivity index (χ0v) is 15.2. The van der Waals surface area contributed by atoms with E-state index in [9.17, 15) is 0 Å². The van der Waals surface area contributed by atoms with E-state index >= 15 is 0 Å². The third-order valence-electron chi connectivity index (χ3n) is 4.71. The fraction of sp³-hybridized carbons (Fsp3) is 0.647. The molecule has 0 spiro atoms. The Morgan fingerprint density at radius 1 is 1.05 bits per heavy atom. The minimum atomic E-state index is -1.76. The largest absolute Gasteiger partial charge is 0.411 e. The Labute approximate surface area is 135 Å². The summed E-state index contributed by atoms with van der Waals surface area (Å²) in [4.78, 5) is 2.44. The minimum absolute atomic E-state index is 0.821. The summed E-state index contributed by atoms with van der Waals surface area (Å²) in [5, 5.41) is 2.26. The number of rotatable bonds is 7. The molecule has 1 saturated heterocycles. The van der Waals surface area contributed by atoms with Crippen LogP contribution in [-0.2, 0) is 4.43 Å². The SMILES string of the molecule is CCN(CC)CCO[Si]1(c2ccc(Cl)cc2)CCCCC1. The van der Waals surface area contributed by atoms with Crippen molar-refractivity contribution in [1.82, 2.24) is 4.90 Å². The van der Waals surface area contributed by atoms with Crippen molar-refractivity contribution >= 4 is 25.1 Å². The van der Waals surface area contributed by atoms with E-state index < -0.39 is 8.32 Å². The van der Waals surface area contributed by atoms with Crippen molar-refractivity contribution in [1.29, 1.82) is 0 Å². The van der Waals surface area contributed by atoms with Crippen molar-refractivity contribution in [3.05, 3.63) is 29.3 Å². The van der Waals surface area contributed by atoms with Gasteiger partial charge in [-0.25, -0.2) is 0 Å². The minimum Gasteiger partial charge on any atom is -0.411 e. The van der Waals surface area contributed by atoms with Gasteiger partial charge in [0.2, 0.25) is 8.32 Å². The standard InChI is InChI=1S/C17H28ClNOSi/c1-3-19(4-2)12-13-20-21(14-6-5-7-15-21)17-10-8-16(18)9-11-17/h8-11H,3-7,12-15H2,1-2H3. The molecule has 0 unspecified atom stereocenters. The van der Waals surface area contributed by atoms with E-state index in [0.717, 1.165) is 31.3 Å². The van der Waals surface area contributed by atoms with Crippen LogP contribution in [0, 0.1) is 0 Å². The lowest BCUT2D eigenvalue weighted by molar-refractivity contribution is 0.215. The molecule has 0 atom stereocenters. The second-order valence-electron chi connectivity index (χ2n) is 5.94. The molecule has 21 heavy (non-hydrogen) atoms. The Balaban J connectivity index is 2.04. The predicted octanol–water partition coefficient (Wildman–Crippen LogP) is 4.03. The van der Waals surface area contributed by atoms with E-state index in [-0.39, 0.29) is 0 Å². The topological polar surface area (TPSA) is 12.5 Å². The van der Waals surface area contributed by atoms with E-state index in [0.29, 0.717) is 0 Å². The summed E-state index contributed by atoms with van der Waals surface area (Å²) < 4.78 is 6.58. The first kappa shape index (κ1) is 17.0. The lowest BCUT2D eigenvalue weighted by Crippen LogP contribution is -2.52. The summed E-state index contributed by atoms with van der Waals surface area (Å²) in [5.41, 5.74) is 0. The van der Waals surface area contributed by atoms with Crippen LogP contribution in [0.4, 0.5) is 0 Å². The molecule has 0 aliphatic carbocycles. The first-order chi connectivity index (χ1) is 10.2. The maximum atomic E-state index is 6.58. The van der Waals surface area contributed by atoms with E-state index in [1.807, 2.05) is 12.1 Å². The number of nitrogens with zero attached hydrogens (tertiary/aromatic N) is 1. The molecule has 0 N–H and O–H groups in total. The molecule has 1 aliphatic heterocycles. The van der Waals surface area contributed by atoms with Gasteiger partial charge in [-0.05, 0) is 42.5 Å². The first-order valence-electron chi connectivity index (χ1n) is 8.32. The summed E-state index contributed by atoms with van der Waals surface area (Å²) in [6.07, 6.45) is 4.00. The van der Waals surface area contributed by atoms with Gasteiger partial charge in [0.25, 0.3) is 0 Å². The van der Waals surface area contributed by atoms with Crippen LogP contribution in [0.3, 0.4) is 0 Å². The maximum absolute atomic E-state index is 6.58. The molecule has 2 rings (SSSR count). The molecule has 2 nitrogen and oxygen atoms in total. The van der Waals surface area contributed by atoms with Gasteiger partial charge in [0.15, 0.2) is 0 Å². The van der Waals surface area contributed by atoms with E-state index in [1.54, 1.807) is 0 Å². The van der Waals surface area contributed by atoms with E-state index in [2.05, 4.69) is 30.9 Å². The molecule has 118 valence electrons. The van der Waals surface area contributed by atoms with Crippen LogP contribution in [0.15, 0.2) is 24.3 Å². The van der Waals surface area contributed by atoms with Gasteiger partial charge in [-0.2, -0.15) is 0 Å². The third kappa shape index (κ3) is 4.56. The molecule has 4 heteroatoms. The Bertz CT molecular complexity index is 413. The van der Waals surface area contributed by atoms with Crippen molar-refractivity contribution in [3.63, 3.8) is 0 Å². The quantitative estimate of drug-likeness (QED) is 0.702. The van der Waals surface area contributed by atoms with Gasteiger partial charge in [-0.1, -0.05) is 56.8 Å². The fourth-order valence-electron chi connectivity index (χ4n) is 3.30. The molecular formula is C17H28ClNOSi. The van der Waals surface area contributed by atoms with Gasteiger partial charge >= 0.3 is 0 Å². The van der Waals surface area contributed by atoms with Crippen LogP contribution in [0.25, 0.3) is 0 Å². The van der Waals surface area contributed by atoms with Gasteiger partial charge in [0.1, 0.15) is 0 Å². The summed E-state index contributed by atoms with van der Waals surface area (Å²) in [6.45, 7) is 8.57. The van der Waals surface area contributed by atoms with Gasteiger partial charge < -0.3 is 9.33 Å². The molecule has 0 saturated carbocycles. The van der Waals surface area contributed by atoms with Crippen LogP contribution in [0.5, 0.6) is 0 Å². The molecule has 1 aromatic rings. The van der Waals surface area contributed by atoms with Crippen molar-refractivity contribution < 1.29 is 4.43 Å². The molecule has 1 aromatic carbocycles. The summed E-state index contributed by atoms with van der Waals surface area (Å²) >= 11 is 6.05. The average molecular weight is 326 g/mol. The Morgan fingerprint density at radius 2 is 1.67 bits per heavy atom. The zero-order valence-electron chi connectivity index (χ0n) is 13.4. The predicted molar refractivity (Wildman–Crippen MR) is 94.0 cm³/mol. The Morgan fingerprint density at radius 3 is 2.24 bits per heavy atom. The number of benzene rings is 1. The van der Waals surface area contributed by atoms with Crippen LogP contribution in [0.1, 0.15) is 33.1 Å². The normalized spacial score (nSPS) is 18.1. The van der Waals surface area contributed by atoms with Crippen molar-refractivity contribution in [2.75, 3.05) is 26.2 Å². The Kier molecular flexibility index (Phi) is 6.74. The first-order valence-corrected chi connectivity index (χ1v) is 11.0. The number of likely N-dealkylation sites (N-methyl/N-ethyl adjacent to an activating group) is 1. The second kappa shape index (κ2) is 8.32. The van der Waals surface area contributed by atoms with Crippen LogP contribution in [0.2, 0.25) is 17.1 Å². The highest BCUT2D eigenvalue weighted by atomic mass is 35.5. The second-order valence-corrected chi connectivity index (χ2v) is 10.2. The third-order valence-corrected chi connectivity index (χ3v) is 9.43. The lowest BCUT2D eigenvalue weighted by Gasteiger charge is -2.36. The van der Waals surface area contributed by atoms with E-state index in [4.69, 9.17) is 16.0 Å². The zero-order chi connectivity index (χ0) is 15.1. The van der Waals surface area contributed by atoms with Gasteiger partial charge in [0.05, 0.1) is 0 Å². The maximum Gasteiger partial charge on any atom is 0.224 e. The molecule has 1 fully saturated rings. The number of hydrogen-bond acceptors (Lipinski definition) is 2. The molecule has 0 radical (unpaired) electrons. The number of hydrogen-bond donors (Lipinski definition) is 0. The van der Waals surface area contributed by atoms with Gasteiger partial charge in [-0.3, -0.25) is 0 Å². The molecule has 0 bridgehead atoms. The number of halogens is 1.